The molecule has 0 bridgehead atoms. The average molecular weight is 249 g/mol. The molecule has 0 aromatic heterocycles. The molecular formula is C10H23N3O2S. The third-order valence-electron chi connectivity index (χ3n) is 3.34. The highest BCUT2D eigenvalue weighted by Crippen LogP contribution is 2.19. The molecule has 1 aliphatic rings. The van der Waals surface area contributed by atoms with E-state index in [1.54, 1.807) is 0 Å². The Balaban J connectivity index is 2.38. The van der Waals surface area contributed by atoms with Crippen LogP contribution in [-0.4, -0.2) is 50.3 Å². The number of rotatable bonds is 5. The van der Waals surface area contributed by atoms with Crippen LogP contribution in [0, 0.1) is 5.92 Å². The largest absolute Gasteiger partial charge is 0.304 e. The van der Waals surface area contributed by atoms with E-state index in [0.717, 1.165) is 32.5 Å². The van der Waals surface area contributed by atoms with E-state index in [2.05, 4.69) is 18.7 Å². The Bertz CT molecular complexity index is 293. The summed E-state index contributed by atoms with van der Waals surface area (Å²) in [7, 11) is -3.47. The molecule has 0 aromatic carbocycles. The predicted octanol–water partition coefficient (Wildman–Crippen LogP) is 0.244. The molecule has 1 heterocycles. The van der Waals surface area contributed by atoms with Gasteiger partial charge in [0, 0.05) is 19.6 Å². The van der Waals surface area contributed by atoms with Gasteiger partial charge in [-0.15, -0.1) is 0 Å². The van der Waals surface area contributed by atoms with Gasteiger partial charge in [0.15, 0.2) is 0 Å². The normalized spacial score (nSPS) is 20.5. The summed E-state index contributed by atoms with van der Waals surface area (Å²) in [6, 6.07) is 0. The summed E-state index contributed by atoms with van der Waals surface area (Å²) in [5.74, 6) is 0.609. The van der Waals surface area contributed by atoms with Gasteiger partial charge in [-0.05, 0) is 31.8 Å². The molecule has 5 nitrogen and oxygen atoms in total. The molecule has 0 amide bonds. The molecule has 1 fully saturated rings. The number of nitrogens with two attached hydrogens (primary N) is 1. The summed E-state index contributed by atoms with van der Waals surface area (Å²) < 4.78 is 23.6. The van der Waals surface area contributed by atoms with Crippen LogP contribution in [0.2, 0.25) is 0 Å². The van der Waals surface area contributed by atoms with Crippen LogP contribution in [0.5, 0.6) is 0 Å². The Hall–Kier alpha value is -0.170. The zero-order valence-electron chi connectivity index (χ0n) is 10.2. The van der Waals surface area contributed by atoms with E-state index in [9.17, 15) is 8.42 Å². The first-order chi connectivity index (χ1) is 7.47. The second-order valence-electron chi connectivity index (χ2n) is 4.37. The number of hydrogen-bond donors (Lipinski definition) is 1. The molecule has 16 heavy (non-hydrogen) atoms. The van der Waals surface area contributed by atoms with E-state index in [1.807, 2.05) is 0 Å². The van der Waals surface area contributed by atoms with Crippen molar-refractivity contribution in [1.29, 1.82) is 0 Å². The first-order valence-corrected chi connectivity index (χ1v) is 7.47. The molecule has 96 valence electrons. The van der Waals surface area contributed by atoms with Gasteiger partial charge < -0.3 is 4.90 Å². The number of piperidine rings is 1. The SMILES string of the molecule is CCN(CC)CC1CCN(S(N)(=O)=O)CC1. The van der Waals surface area contributed by atoms with Crippen LogP contribution in [0.1, 0.15) is 26.7 Å². The summed E-state index contributed by atoms with van der Waals surface area (Å²) in [5.41, 5.74) is 0. The van der Waals surface area contributed by atoms with Crippen molar-refractivity contribution in [2.24, 2.45) is 11.1 Å². The molecule has 0 aliphatic carbocycles. The number of nitrogens with zero attached hydrogens (tertiary/aromatic N) is 2. The molecule has 0 radical (unpaired) electrons. The van der Waals surface area contributed by atoms with E-state index in [4.69, 9.17) is 5.14 Å². The second kappa shape index (κ2) is 5.95. The van der Waals surface area contributed by atoms with Crippen LogP contribution in [0.3, 0.4) is 0 Å². The highest BCUT2D eigenvalue weighted by atomic mass is 32.2. The molecule has 6 heteroatoms. The fourth-order valence-corrected chi connectivity index (χ4v) is 2.91. The smallest absolute Gasteiger partial charge is 0.276 e. The van der Waals surface area contributed by atoms with Crippen molar-refractivity contribution in [3.63, 3.8) is 0 Å². The fourth-order valence-electron chi connectivity index (χ4n) is 2.19. The topological polar surface area (TPSA) is 66.6 Å². The van der Waals surface area contributed by atoms with Crippen LogP contribution in [0.4, 0.5) is 0 Å². The van der Waals surface area contributed by atoms with Crippen LogP contribution in [-0.2, 0) is 10.2 Å². The van der Waals surface area contributed by atoms with E-state index >= 15 is 0 Å². The van der Waals surface area contributed by atoms with E-state index in [1.165, 1.54) is 4.31 Å². The molecular weight excluding hydrogens is 226 g/mol. The van der Waals surface area contributed by atoms with Gasteiger partial charge in [0.05, 0.1) is 0 Å². The lowest BCUT2D eigenvalue weighted by Gasteiger charge is -2.32. The Morgan fingerprint density at radius 3 is 2.12 bits per heavy atom. The van der Waals surface area contributed by atoms with Crippen molar-refractivity contribution in [3.05, 3.63) is 0 Å². The van der Waals surface area contributed by atoms with Crippen molar-refractivity contribution >= 4 is 10.2 Å². The van der Waals surface area contributed by atoms with Gasteiger partial charge in [-0.2, -0.15) is 12.7 Å². The first kappa shape index (κ1) is 13.9. The first-order valence-electron chi connectivity index (χ1n) is 5.97. The number of hydrogen-bond acceptors (Lipinski definition) is 3. The van der Waals surface area contributed by atoms with Gasteiger partial charge in [0.2, 0.25) is 0 Å². The standard InChI is InChI=1S/C10H23N3O2S/c1-3-12(4-2)9-10-5-7-13(8-6-10)16(11,14)15/h10H,3-9H2,1-2H3,(H2,11,14,15). The minimum atomic E-state index is -3.47. The monoisotopic (exact) mass is 249 g/mol. The maximum absolute atomic E-state index is 11.1. The van der Waals surface area contributed by atoms with E-state index in [0.29, 0.717) is 19.0 Å². The lowest BCUT2D eigenvalue weighted by molar-refractivity contribution is 0.193. The molecule has 0 aromatic rings. The van der Waals surface area contributed by atoms with E-state index < -0.39 is 10.2 Å². The molecule has 0 spiro atoms. The van der Waals surface area contributed by atoms with Crippen molar-refractivity contribution in [1.82, 2.24) is 9.21 Å². The zero-order valence-corrected chi connectivity index (χ0v) is 11.0. The molecule has 1 aliphatic heterocycles. The van der Waals surface area contributed by atoms with Crippen molar-refractivity contribution in [2.75, 3.05) is 32.7 Å². The van der Waals surface area contributed by atoms with Gasteiger partial charge in [-0.3, -0.25) is 0 Å². The lowest BCUT2D eigenvalue weighted by atomic mass is 9.97. The third-order valence-corrected chi connectivity index (χ3v) is 4.43. The molecule has 0 saturated carbocycles. The van der Waals surface area contributed by atoms with Gasteiger partial charge in [0.1, 0.15) is 0 Å². The Labute approximate surface area is 98.8 Å². The summed E-state index contributed by atoms with van der Waals surface area (Å²) in [4.78, 5) is 2.39. The predicted molar refractivity (Wildman–Crippen MR) is 65.2 cm³/mol. The molecule has 1 rings (SSSR count). The van der Waals surface area contributed by atoms with Crippen LogP contribution in [0.15, 0.2) is 0 Å². The molecule has 0 atom stereocenters. The maximum Gasteiger partial charge on any atom is 0.276 e. The average Bonchev–Trinajstić information content (AvgIpc) is 2.25. The zero-order chi connectivity index (χ0) is 12.2. The van der Waals surface area contributed by atoms with Gasteiger partial charge in [0.25, 0.3) is 10.2 Å². The highest BCUT2D eigenvalue weighted by Gasteiger charge is 2.25. The highest BCUT2D eigenvalue weighted by molar-refractivity contribution is 7.86. The van der Waals surface area contributed by atoms with Crippen LogP contribution >= 0.6 is 0 Å². The Kier molecular flexibility index (Phi) is 5.17. The van der Waals surface area contributed by atoms with E-state index in [-0.39, 0.29) is 0 Å². The Morgan fingerprint density at radius 2 is 1.75 bits per heavy atom. The molecule has 0 unspecified atom stereocenters. The summed E-state index contributed by atoms with van der Waals surface area (Å²) in [5, 5.41) is 5.10. The second-order valence-corrected chi connectivity index (χ2v) is 5.92. The molecule has 1 saturated heterocycles. The quantitative estimate of drug-likeness (QED) is 0.759. The lowest BCUT2D eigenvalue weighted by Crippen LogP contribution is -2.44. The summed E-state index contributed by atoms with van der Waals surface area (Å²) in [6.07, 6.45) is 1.85. The van der Waals surface area contributed by atoms with Gasteiger partial charge >= 0.3 is 0 Å². The Morgan fingerprint density at radius 1 is 1.25 bits per heavy atom. The van der Waals surface area contributed by atoms with Gasteiger partial charge in [-0.1, -0.05) is 13.8 Å². The van der Waals surface area contributed by atoms with Crippen molar-refractivity contribution < 1.29 is 8.42 Å². The minimum absolute atomic E-state index is 0.574. The van der Waals surface area contributed by atoms with Gasteiger partial charge in [-0.25, -0.2) is 5.14 Å². The molecule has 2 N–H and O–H groups in total. The van der Waals surface area contributed by atoms with Crippen LogP contribution < -0.4 is 5.14 Å². The minimum Gasteiger partial charge on any atom is -0.304 e. The van der Waals surface area contributed by atoms with Crippen molar-refractivity contribution in [2.45, 2.75) is 26.7 Å². The fraction of sp³-hybridized carbons (Fsp3) is 1.00. The van der Waals surface area contributed by atoms with Crippen LogP contribution in [0.25, 0.3) is 0 Å². The van der Waals surface area contributed by atoms with Crippen molar-refractivity contribution in [3.8, 4) is 0 Å². The summed E-state index contributed by atoms with van der Waals surface area (Å²) >= 11 is 0. The third kappa shape index (κ3) is 4.01. The maximum atomic E-state index is 11.1. The summed E-state index contributed by atoms with van der Waals surface area (Å²) in [6.45, 7) is 8.66.